The molecule has 0 atom stereocenters. The van der Waals surface area contributed by atoms with Gasteiger partial charge < -0.3 is 15.1 Å². The molecule has 1 aromatic carbocycles. The molecule has 0 radical (unpaired) electrons. The van der Waals surface area contributed by atoms with Crippen LogP contribution in [0.4, 0.5) is 0 Å². The molecule has 1 amide bonds. The number of aromatic nitrogens is 2. The van der Waals surface area contributed by atoms with Crippen LogP contribution in [0.3, 0.4) is 0 Å². The molecule has 6 heteroatoms. The molecular weight excluding hydrogens is 306 g/mol. The van der Waals surface area contributed by atoms with Crippen molar-refractivity contribution in [2.24, 2.45) is 0 Å². The summed E-state index contributed by atoms with van der Waals surface area (Å²) in [5.41, 5.74) is 2.07. The molecule has 1 aliphatic heterocycles. The summed E-state index contributed by atoms with van der Waals surface area (Å²) in [5.74, 6) is 0.0210. The zero-order chi connectivity index (χ0) is 17.3. The van der Waals surface area contributed by atoms with Crippen molar-refractivity contribution in [3.8, 4) is 11.4 Å². The van der Waals surface area contributed by atoms with Crippen LogP contribution in [-0.2, 0) is 0 Å². The Morgan fingerprint density at radius 1 is 1.21 bits per heavy atom. The monoisotopic (exact) mass is 329 g/mol. The molecule has 0 bridgehead atoms. The van der Waals surface area contributed by atoms with Crippen LogP contribution in [0.25, 0.3) is 5.69 Å². The van der Waals surface area contributed by atoms with Gasteiger partial charge in [-0.3, -0.25) is 4.79 Å². The minimum Gasteiger partial charge on any atom is -0.504 e. The van der Waals surface area contributed by atoms with Gasteiger partial charge in [0.1, 0.15) is 0 Å². The fraction of sp³-hybridized carbons (Fsp3) is 0.444. The molecule has 0 aliphatic carbocycles. The fourth-order valence-electron chi connectivity index (χ4n) is 2.88. The normalized spacial score (nSPS) is 15.9. The van der Waals surface area contributed by atoms with Crippen LogP contribution in [0.1, 0.15) is 48.7 Å². The molecule has 1 fully saturated rings. The van der Waals surface area contributed by atoms with Gasteiger partial charge in [-0.25, -0.2) is 4.68 Å². The third kappa shape index (κ3) is 3.28. The van der Waals surface area contributed by atoms with E-state index in [9.17, 15) is 15.0 Å². The van der Waals surface area contributed by atoms with E-state index in [4.69, 9.17) is 0 Å². The SMILES string of the molecule is CC(C)c1ccc(-n2cc(O)c(C(=O)N3CCC(O)CC3)n2)cc1. The lowest BCUT2D eigenvalue weighted by atomic mass is 10.0. The minimum absolute atomic E-state index is 0.0549. The molecule has 0 spiro atoms. The quantitative estimate of drug-likeness (QED) is 0.906. The van der Waals surface area contributed by atoms with E-state index in [0.717, 1.165) is 5.69 Å². The summed E-state index contributed by atoms with van der Waals surface area (Å²) in [4.78, 5) is 14.1. The first-order chi connectivity index (χ1) is 11.5. The van der Waals surface area contributed by atoms with Crippen molar-refractivity contribution in [3.05, 3.63) is 41.7 Å². The summed E-state index contributed by atoms with van der Waals surface area (Å²) < 4.78 is 1.52. The summed E-state index contributed by atoms with van der Waals surface area (Å²) >= 11 is 0. The Morgan fingerprint density at radius 2 is 1.83 bits per heavy atom. The average Bonchev–Trinajstić information content (AvgIpc) is 2.97. The summed E-state index contributed by atoms with van der Waals surface area (Å²) in [6.45, 7) is 5.22. The number of aliphatic hydroxyl groups excluding tert-OH is 1. The Balaban J connectivity index is 1.80. The highest BCUT2D eigenvalue weighted by atomic mass is 16.3. The van der Waals surface area contributed by atoms with Crippen molar-refractivity contribution in [1.82, 2.24) is 14.7 Å². The van der Waals surface area contributed by atoms with Crippen LogP contribution in [0.15, 0.2) is 30.5 Å². The van der Waals surface area contributed by atoms with Crippen molar-refractivity contribution in [3.63, 3.8) is 0 Å². The lowest BCUT2D eigenvalue weighted by Gasteiger charge is -2.28. The van der Waals surface area contributed by atoms with Crippen LogP contribution in [0.5, 0.6) is 5.75 Å². The third-order valence-electron chi connectivity index (χ3n) is 4.47. The second kappa shape index (κ2) is 6.65. The second-order valence-corrected chi connectivity index (χ2v) is 6.58. The largest absolute Gasteiger partial charge is 0.504 e. The Kier molecular flexibility index (Phi) is 4.57. The van der Waals surface area contributed by atoms with Gasteiger partial charge in [0, 0.05) is 13.1 Å². The minimum atomic E-state index is -0.348. The van der Waals surface area contributed by atoms with Gasteiger partial charge in [-0.2, -0.15) is 5.10 Å². The van der Waals surface area contributed by atoms with E-state index in [1.54, 1.807) is 4.90 Å². The number of amides is 1. The van der Waals surface area contributed by atoms with Gasteiger partial charge in [0.15, 0.2) is 11.4 Å². The van der Waals surface area contributed by atoms with Gasteiger partial charge >= 0.3 is 0 Å². The first-order valence-electron chi connectivity index (χ1n) is 8.32. The Labute approximate surface area is 141 Å². The average molecular weight is 329 g/mol. The number of aliphatic hydroxyl groups is 1. The highest BCUT2D eigenvalue weighted by Crippen LogP contribution is 2.23. The number of piperidine rings is 1. The number of benzene rings is 1. The molecule has 2 heterocycles. The number of hydrogen-bond acceptors (Lipinski definition) is 4. The maximum atomic E-state index is 12.5. The third-order valence-corrected chi connectivity index (χ3v) is 4.47. The molecule has 6 nitrogen and oxygen atoms in total. The lowest BCUT2D eigenvalue weighted by Crippen LogP contribution is -2.40. The number of likely N-dealkylation sites (tertiary alicyclic amines) is 1. The Bertz CT molecular complexity index is 714. The Hall–Kier alpha value is -2.34. The first-order valence-corrected chi connectivity index (χ1v) is 8.32. The number of aromatic hydroxyl groups is 1. The van der Waals surface area contributed by atoms with Gasteiger partial charge in [-0.05, 0) is 36.5 Å². The van der Waals surface area contributed by atoms with Gasteiger partial charge in [-0.15, -0.1) is 0 Å². The number of carbonyl (C=O) groups excluding carboxylic acids is 1. The van der Waals surface area contributed by atoms with Crippen LogP contribution in [0, 0.1) is 0 Å². The van der Waals surface area contributed by atoms with Crippen molar-refractivity contribution in [2.45, 2.75) is 38.7 Å². The van der Waals surface area contributed by atoms with Gasteiger partial charge in [0.25, 0.3) is 5.91 Å². The summed E-state index contributed by atoms with van der Waals surface area (Å²) in [5, 5.41) is 23.9. The zero-order valence-electron chi connectivity index (χ0n) is 14.0. The molecule has 3 rings (SSSR count). The van der Waals surface area contributed by atoms with Crippen molar-refractivity contribution in [1.29, 1.82) is 0 Å². The maximum absolute atomic E-state index is 12.5. The van der Waals surface area contributed by atoms with E-state index in [1.807, 2.05) is 24.3 Å². The predicted octanol–water partition coefficient (Wildman–Crippen LogP) is 2.30. The van der Waals surface area contributed by atoms with Gasteiger partial charge in [0.2, 0.25) is 0 Å². The topological polar surface area (TPSA) is 78.6 Å². The van der Waals surface area contributed by atoms with Gasteiger partial charge in [-0.1, -0.05) is 26.0 Å². The molecule has 0 saturated carbocycles. The predicted molar refractivity (Wildman–Crippen MR) is 90.5 cm³/mol. The highest BCUT2D eigenvalue weighted by Gasteiger charge is 2.26. The summed E-state index contributed by atoms with van der Waals surface area (Å²) in [6.07, 6.45) is 2.23. The molecule has 2 N–H and O–H groups in total. The van der Waals surface area contributed by atoms with E-state index in [2.05, 4.69) is 18.9 Å². The van der Waals surface area contributed by atoms with Crippen molar-refractivity contribution >= 4 is 5.91 Å². The Morgan fingerprint density at radius 3 is 2.42 bits per heavy atom. The van der Waals surface area contributed by atoms with Crippen molar-refractivity contribution < 1.29 is 15.0 Å². The molecule has 128 valence electrons. The smallest absolute Gasteiger partial charge is 0.278 e. The molecule has 1 saturated heterocycles. The number of carbonyl (C=O) groups is 1. The second-order valence-electron chi connectivity index (χ2n) is 6.58. The number of hydrogen-bond donors (Lipinski definition) is 2. The van der Waals surface area contributed by atoms with Crippen LogP contribution < -0.4 is 0 Å². The van der Waals surface area contributed by atoms with Crippen molar-refractivity contribution in [2.75, 3.05) is 13.1 Å². The molecule has 2 aromatic rings. The van der Waals surface area contributed by atoms with Crippen LogP contribution in [-0.4, -0.2) is 50.0 Å². The molecule has 1 aliphatic rings. The maximum Gasteiger partial charge on any atom is 0.278 e. The van der Waals surface area contributed by atoms with Crippen LogP contribution >= 0.6 is 0 Å². The first kappa shape index (κ1) is 16.5. The number of nitrogens with zero attached hydrogens (tertiary/aromatic N) is 3. The molecular formula is C18H23N3O3. The molecule has 24 heavy (non-hydrogen) atoms. The van der Waals surface area contributed by atoms with E-state index < -0.39 is 0 Å². The lowest BCUT2D eigenvalue weighted by molar-refractivity contribution is 0.0539. The van der Waals surface area contributed by atoms with Gasteiger partial charge in [0.05, 0.1) is 18.0 Å². The molecule has 0 unspecified atom stereocenters. The van der Waals surface area contributed by atoms with E-state index >= 15 is 0 Å². The fourth-order valence-corrected chi connectivity index (χ4v) is 2.88. The van der Waals surface area contributed by atoms with E-state index in [0.29, 0.717) is 31.8 Å². The highest BCUT2D eigenvalue weighted by molar-refractivity contribution is 5.94. The summed E-state index contributed by atoms with van der Waals surface area (Å²) in [7, 11) is 0. The van der Waals surface area contributed by atoms with E-state index in [-0.39, 0.29) is 23.5 Å². The van der Waals surface area contributed by atoms with E-state index in [1.165, 1.54) is 16.4 Å². The standard InChI is InChI=1S/C18H23N3O3/c1-12(2)13-3-5-14(6-4-13)21-11-16(23)17(19-21)18(24)20-9-7-15(22)8-10-20/h3-6,11-12,15,22-23H,7-10H2,1-2H3. The molecule has 1 aromatic heterocycles. The number of rotatable bonds is 3. The van der Waals surface area contributed by atoms with Crippen LogP contribution in [0.2, 0.25) is 0 Å². The zero-order valence-corrected chi connectivity index (χ0v) is 14.0. The summed E-state index contributed by atoms with van der Waals surface area (Å²) in [6, 6.07) is 7.89.